The Morgan fingerprint density at radius 2 is 1.89 bits per heavy atom. The second kappa shape index (κ2) is 9.09. The second-order valence-electron chi connectivity index (χ2n) is 7.76. The molecular weight excluding hydrogens is 352 g/mol. The molecule has 0 aromatic heterocycles. The summed E-state index contributed by atoms with van der Waals surface area (Å²) in [7, 11) is 0. The van der Waals surface area contributed by atoms with Crippen molar-refractivity contribution in [2.75, 3.05) is 13.2 Å². The summed E-state index contributed by atoms with van der Waals surface area (Å²) in [6.07, 6.45) is 4.19. The molecule has 0 bridgehead atoms. The van der Waals surface area contributed by atoms with Gasteiger partial charge in [0.1, 0.15) is 5.75 Å². The van der Waals surface area contributed by atoms with Gasteiger partial charge in [0.25, 0.3) is 11.8 Å². The Morgan fingerprint density at radius 3 is 2.57 bits per heavy atom. The van der Waals surface area contributed by atoms with Crippen molar-refractivity contribution >= 4 is 22.6 Å². The predicted octanol–water partition coefficient (Wildman–Crippen LogP) is 4.15. The molecule has 0 saturated carbocycles. The van der Waals surface area contributed by atoms with Gasteiger partial charge in [0, 0.05) is 18.6 Å². The van der Waals surface area contributed by atoms with Gasteiger partial charge in [0.05, 0.1) is 5.56 Å². The van der Waals surface area contributed by atoms with Gasteiger partial charge in [0.2, 0.25) is 0 Å². The number of carbonyl (C=O) groups is 2. The largest absolute Gasteiger partial charge is 0.483 e. The number of benzene rings is 2. The third kappa shape index (κ3) is 4.64. The lowest BCUT2D eigenvalue weighted by Crippen LogP contribution is -2.43. The summed E-state index contributed by atoms with van der Waals surface area (Å²) in [6.45, 7) is 6.62. The van der Waals surface area contributed by atoms with Crippen molar-refractivity contribution in [2.45, 2.75) is 58.5 Å². The molecule has 28 heavy (non-hydrogen) atoms. The van der Waals surface area contributed by atoms with Gasteiger partial charge in [-0.15, -0.1) is 0 Å². The van der Waals surface area contributed by atoms with E-state index in [0.29, 0.717) is 11.3 Å². The van der Waals surface area contributed by atoms with Gasteiger partial charge in [0.15, 0.2) is 6.61 Å². The van der Waals surface area contributed by atoms with Crippen LogP contribution in [0.4, 0.5) is 0 Å². The van der Waals surface area contributed by atoms with E-state index in [-0.39, 0.29) is 30.5 Å². The maximum Gasteiger partial charge on any atom is 0.258 e. The first-order valence-corrected chi connectivity index (χ1v) is 10.3. The molecule has 0 aliphatic carbocycles. The Hall–Kier alpha value is -2.56. The van der Waals surface area contributed by atoms with Crippen molar-refractivity contribution in [3.8, 4) is 5.75 Å². The third-order valence-corrected chi connectivity index (χ3v) is 5.25. The zero-order valence-corrected chi connectivity index (χ0v) is 17.0. The predicted molar refractivity (Wildman–Crippen MR) is 112 cm³/mol. The molecule has 1 aliphatic heterocycles. The molecule has 1 heterocycles. The lowest BCUT2D eigenvalue weighted by Gasteiger charge is -2.35. The van der Waals surface area contributed by atoms with E-state index in [2.05, 4.69) is 12.2 Å². The minimum absolute atomic E-state index is 0.00318. The molecule has 5 heteroatoms. The number of carbonyl (C=O) groups excluding carboxylic acids is 2. The van der Waals surface area contributed by atoms with Gasteiger partial charge in [-0.3, -0.25) is 9.59 Å². The summed E-state index contributed by atoms with van der Waals surface area (Å²) >= 11 is 0. The summed E-state index contributed by atoms with van der Waals surface area (Å²) in [5.74, 6) is 0.283. The van der Waals surface area contributed by atoms with E-state index in [9.17, 15) is 9.59 Å². The number of ether oxygens (including phenoxy) is 1. The highest BCUT2D eigenvalue weighted by Crippen LogP contribution is 2.30. The van der Waals surface area contributed by atoms with Crippen LogP contribution in [-0.4, -0.2) is 41.9 Å². The normalized spacial score (nSPS) is 17.0. The van der Waals surface area contributed by atoms with Gasteiger partial charge >= 0.3 is 0 Å². The zero-order valence-electron chi connectivity index (χ0n) is 17.0. The van der Waals surface area contributed by atoms with Crippen LogP contribution in [0.5, 0.6) is 5.75 Å². The first-order valence-electron chi connectivity index (χ1n) is 10.3. The number of likely N-dealkylation sites (tertiary alicyclic amines) is 1. The van der Waals surface area contributed by atoms with Gasteiger partial charge in [-0.05, 0) is 62.4 Å². The first-order chi connectivity index (χ1) is 13.5. The quantitative estimate of drug-likeness (QED) is 0.817. The van der Waals surface area contributed by atoms with Gasteiger partial charge in [-0.2, -0.15) is 0 Å². The summed E-state index contributed by atoms with van der Waals surface area (Å²) in [6, 6.07) is 12.0. The SMILES string of the molecule is CCC1CCCCN1C(=O)c1cc2ccccc2cc1OCC(=O)NC(C)C. The maximum atomic E-state index is 13.4. The van der Waals surface area contributed by atoms with E-state index in [1.165, 1.54) is 6.42 Å². The van der Waals surface area contributed by atoms with Crippen molar-refractivity contribution in [1.29, 1.82) is 0 Å². The van der Waals surface area contributed by atoms with Crippen LogP contribution in [-0.2, 0) is 4.79 Å². The molecular formula is C23H30N2O3. The van der Waals surface area contributed by atoms with Crippen LogP contribution in [0.25, 0.3) is 10.8 Å². The molecule has 1 aliphatic rings. The van der Waals surface area contributed by atoms with Crippen molar-refractivity contribution in [2.24, 2.45) is 0 Å². The minimum Gasteiger partial charge on any atom is -0.483 e. The van der Waals surface area contributed by atoms with Gasteiger partial charge in [-0.1, -0.05) is 31.2 Å². The van der Waals surface area contributed by atoms with E-state index < -0.39 is 0 Å². The number of rotatable bonds is 6. The second-order valence-corrected chi connectivity index (χ2v) is 7.76. The van der Waals surface area contributed by atoms with Crippen LogP contribution in [0.15, 0.2) is 36.4 Å². The fraction of sp³-hybridized carbons (Fsp3) is 0.478. The van der Waals surface area contributed by atoms with E-state index in [1.54, 1.807) is 0 Å². The smallest absolute Gasteiger partial charge is 0.258 e. The Bertz CT molecular complexity index is 847. The van der Waals surface area contributed by atoms with Crippen molar-refractivity contribution in [3.05, 3.63) is 42.0 Å². The van der Waals surface area contributed by atoms with E-state index in [4.69, 9.17) is 4.74 Å². The number of nitrogens with zero attached hydrogens (tertiary/aromatic N) is 1. The number of piperidine rings is 1. The van der Waals surface area contributed by atoms with E-state index in [0.717, 1.165) is 36.6 Å². The van der Waals surface area contributed by atoms with E-state index in [1.807, 2.05) is 55.1 Å². The van der Waals surface area contributed by atoms with Crippen LogP contribution in [0.3, 0.4) is 0 Å². The van der Waals surface area contributed by atoms with Crippen molar-refractivity contribution < 1.29 is 14.3 Å². The average molecular weight is 383 g/mol. The molecule has 2 amide bonds. The summed E-state index contributed by atoms with van der Waals surface area (Å²) in [4.78, 5) is 27.4. The Labute approximate surface area is 167 Å². The number of hydrogen-bond acceptors (Lipinski definition) is 3. The Kier molecular flexibility index (Phi) is 6.55. The van der Waals surface area contributed by atoms with Crippen molar-refractivity contribution in [3.63, 3.8) is 0 Å². The maximum absolute atomic E-state index is 13.4. The van der Waals surface area contributed by atoms with Crippen LogP contribution >= 0.6 is 0 Å². The molecule has 1 atom stereocenters. The summed E-state index contributed by atoms with van der Waals surface area (Å²) in [5, 5.41) is 4.80. The highest BCUT2D eigenvalue weighted by molar-refractivity contribution is 6.02. The standard InChI is InChI=1S/C23H30N2O3/c1-4-19-11-7-8-12-25(19)23(27)20-13-17-9-5-6-10-18(17)14-21(20)28-15-22(26)24-16(2)3/h5-6,9-10,13-14,16,19H,4,7-8,11-12,15H2,1-3H3,(H,24,26). The number of amides is 2. The topological polar surface area (TPSA) is 58.6 Å². The number of nitrogens with one attached hydrogen (secondary N) is 1. The van der Waals surface area contributed by atoms with Crippen LogP contribution in [0.2, 0.25) is 0 Å². The molecule has 1 saturated heterocycles. The highest BCUT2D eigenvalue weighted by Gasteiger charge is 2.28. The zero-order chi connectivity index (χ0) is 20.1. The molecule has 150 valence electrons. The average Bonchev–Trinajstić information content (AvgIpc) is 2.70. The lowest BCUT2D eigenvalue weighted by molar-refractivity contribution is -0.123. The summed E-state index contributed by atoms with van der Waals surface area (Å²) < 4.78 is 5.83. The Balaban J connectivity index is 1.92. The van der Waals surface area contributed by atoms with Crippen LogP contribution < -0.4 is 10.1 Å². The molecule has 2 aromatic rings. The molecule has 1 N–H and O–H groups in total. The highest BCUT2D eigenvalue weighted by atomic mass is 16.5. The van der Waals surface area contributed by atoms with E-state index >= 15 is 0 Å². The van der Waals surface area contributed by atoms with Crippen molar-refractivity contribution in [1.82, 2.24) is 10.2 Å². The number of hydrogen-bond donors (Lipinski definition) is 1. The third-order valence-electron chi connectivity index (χ3n) is 5.25. The first kappa shape index (κ1) is 20.2. The molecule has 2 aromatic carbocycles. The molecule has 0 radical (unpaired) electrons. The van der Waals surface area contributed by atoms with Gasteiger partial charge < -0.3 is 15.0 Å². The fourth-order valence-corrected chi connectivity index (χ4v) is 3.86. The van der Waals surface area contributed by atoms with Crippen LogP contribution in [0, 0.1) is 0 Å². The summed E-state index contributed by atoms with van der Waals surface area (Å²) in [5.41, 5.74) is 0.538. The molecule has 1 fully saturated rings. The Morgan fingerprint density at radius 1 is 1.18 bits per heavy atom. The fourth-order valence-electron chi connectivity index (χ4n) is 3.86. The van der Waals surface area contributed by atoms with Gasteiger partial charge in [-0.25, -0.2) is 0 Å². The number of fused-ring (bicyclic) bond motifs is 1. The molecule has 3 rings (SSSR count). The minimum atomic E-state index is -0.189. The monoisotopic (exact) mass is 382 g/mol. The lowest BCUT2D eigenvalue weighted by atomic mass is 9.98. The molecule has 0 spiro atoms. The van der Waals surface area contributed by atoms with Crippen LogP contribution in [0.1, 0.15) is 56.8 Å². The molecule has 5 nitrogen and oxygen atoms in total. The molecule has 1 unspecified atom stereocenters.